The summed E-state index contributed by atoms with van der Waals surface area (Å²) in [5, 5.41) is 14.3. The van der Waals surface area contributed by atoms with E-state index in [4.69, 9.17) is 9.52 Å². The minimum Gasteiger partial charge on any atom is -0.481 e. The number of hydrogen-bond acceptors (Lipinski definition) is 4. The van der Waals surface area contributed by atoms with Gasteiger partial charge in [-0.3, -0.25) is 14.4 Å². The van der Waals surface area contributed by atoms with Gasteiger partial charge in [-0.25, -0.2) is 0 Å². The van der Waals surface area contributed by atoms with Gasteiger partial charge in [0.05, 0.1) is 18.7 Å². The van der Waals surface area contributed by atoms with Crippen molar-refractivity contribution in [3.8, 4) is 0 Å². The first-order valence-corrected chi connectivity index (χ1v) is 7.80. The lowest BCUT2D eigenvalue weighted by Gasteiger charge is -2.26. The standard InChI is InChI=1S/C16H22N2O5/c1-10(14(19)17-9-13-3-2-8-23-13)18-15(20)11-4-6-12(7-5-11)16(21)22/h2-3,8,10-12H,4-7,9H2,1H3,(H,17,19)(H,18,20)(H,21,22). The molecule has 7 nitrogen and oxygen atoms in total. The minimum absolute atomic E-state index is 0.186. The van der Waals surface area contributed by atoms with Gasteiger partial charge in [0.15, 0.2) is 0 Å². The van der Waals surface area contributed by atoms with Gasteiger partial charge in [0.1, 0.15) is 11.8 Å². The summed E-state index contributed by atoms with van der Waals surface area (Å²) in [6.45, 7) is 1.90. The molecule has 0 bridgehead atoms. The highest BCUT2D eigenvalue weighted by Gasteiger charge is 2.30. The van der Waals surface area contributed by atoms with Crippen molar-refractivity contribution in [3.63, 3.8) is 0 Å². The smallest absolute Gasteiger partial charge is 0.306 e. The largest absolute Gasteiger partial charge is 0.481 e. The number of nitrogens with one attached hydrogen (secondary N) is 2. The topological polar surface area (TPSA) is 109 Å². The zero-order valence-corrected chi connectivity index (χ0v) is 13.1. The Bertz CT molecular complexity index is 547. The zero-order chi connectivity index (χ0) is 16.8. The summed E-state index contributed by atoms with van der Waals surface area (Å²) in [4.78, 5) is 35.0. The molecule has 2 rings (SSSR count). The van der Waals surface area contributed by atoms with Crippen molar-refractivity contribution in [2.75, 3.05) is 0 Å². The molecule has 1 aliphatic rings. The molecule has 0 radical (unpaired) electrons. The molecule has 126 valence electrons. The van der Waals surface area contributed by atoms with E-state index >= 15 is 0 Å². The summed E-state index contributed by atoms with van der Waals surface area (Å²) in [5.74, 6) is -1.19. The number of carbonyl (C=O) groups is 3. The van der Waals surface area contributed by atoms with Gasteiger partial charge in [0.2, 0.25) is 11.8 Å². The van der Waals surface area contributed by atoms with Crippen LogP contribution in [0.5, 0.6) is 0 Å². The van der Waals surface area contributed by atoms with E-state index in [1.54, 1.807) is 19.1 Å². The van der Waals surface area contributed by atoms with Crippen LogP contribution >= 0.6 is 0 Å². The maximum atomic E-state index is 12.2. The Morgan fingerprint density at radius 3 is 2.48 bits per heavy atom. The Hall–Kier alpha value is -2.31. The lowest BCUT2D eigenvalue weighted by Crippen LogP contribution is -2.47. The Morgan fingerprint density at radius 2 is 1.91 bits per heavy atom. The first kappa shape index (κ1) is 17.1. The number of carbonyl (C=O) groups excluding carboxylic acids is 2. The zero-order valence-electron chi connectivity index (χ0n) is 13.1. The van der Waals surface area contributed by atoms with Crippen LogP contribution in [-0.2, 0) is 20.9 Å². The molecule has 0 spiro atoms. The van der Waals surface area contributed by atoms with Crippen molar-refractivity contribution in [2.24, 2.45) is 11.8 Å². The maximum Gasteiger partial charge on any atom is 0.306 e. The predicted molar refractivity (Wildman–Crippen MR) is 81.2 cm³/mol. The first-order valence-electron chi connectivity index (χ1n) is 7.80. The number of furan rings is 1. The average molecular weight is 322 g/mol. The molecular formula is C16H22N2O5. The Kier molecular flexibility index (Phi) is 5.78. The summed E-state index contributed by atoms with van der Waals surface area (Å²) < 4.78 is 5.12. The van der Waals surface area contributed by atoms with Gasteiger partial charge in [-0.1, -0.05) is 0 Å². The Morgan fingerprint density at radius 1 is 1.26 bits per heavy atom. The van der Waals surface area contributed by atoms with Crippen LogP contribution in [0.15, 0.2) is 22.8 Å². The fourth-order valence-corrected chi connectivity index (χ4v) is 2.74. The third-order valence-electron chi connectivity index (χ3n) is 4.22. The molecule has 3 N–H and O–H groups in total. The molecule has 1 aromatic rings. The van der Waals surface area contributed by atoms with Gasteiger partial charge in [-0.2, -0.15) is 0 Å². The fraction of sp³-hybridized carbons (Fsp3) is 0.562. The van der Waals surface area contributed by atoms with E-state index in [-0.39, 0.29) is 30.2 Å². The minimum atomic E-state index is -0.797. The quantitative estimate of drug-likeness (QED) is 0.731. The molecule has 1 saturated carbocycles. The SMILES string of the molecule is CC(NC(=O)C1CCC(C(=O)O)CC1)C(=O)NCc1ccco1. The number of aliphatic carboxylic acids is 1. The second-order valence-electron chi connectivity index (χ2n) is 5.91. The lowest BCUT2D eigenvalue weighted by atomic mass is 9.81. The molecule has 2 amide bonds. The molecule has 1 fully saturated rings. The lowest BCUT2D eigenvalue weighted by molar-refractivity contribution is -0.144. The number of carboxylic acid groups (broad SMARTS) is 1. The van der Waals surface area contributed by atoms with Crippen LogP contribution in [0.3, 0.4) is 0 Å². The van der Waals surface area contributed by atoms with Crippen molar-refractivity contribution < 1.29 is 23.9 Å². The van der Waals surface area contributed by atoms with Crippen LogP contribution in [0.4, 0.5) is 0 Å². The van der Waals surface area contributed by atoms with Crippen LogP contribution in [-0.4, -0.2) is 28.9 Å². The molecule has 1 heterocycles. The number of hydrogen-bond donors (Lipinski definition) is 3. The van der Waals surface area contributed by atoms with Crippen LogP contribution in [0.25, 0.3) is 0 Å². The molecule has 0 saturated heterocycles. The highest BCUT2D eigenvalue weighted by atomic mass is 16.4. The molecule has 0 aromatic carbocycles. The van der Waals surface area contributed by atoms with Crippen LogP contribution in [0.1, 0.15) is 38.4 Å². The van der Waals surface area contributed by atoms with Crippen LogP contribution in [0.2, 0.25) is 0 Å². The normalized spacial score (nSPS) is 22.1. The van der Waals surface area contributed by atoms with Gasteiger partial charge in [0, 0.05) is 5.92 Å². The first-order chi connectivity index (χ1) is 11.0. The average Bonchev–Trinajstić information content (AvgIpc) is 3.05. The van der Waals surface area contributed by atoms with Crippen molar-refractivity contribution >= 4 is 17.8 Å². The number of carboxylic acids is 1. The molecule has 1 atom stereocenters. The predicted octanol–water partition coefficient (Wildman–Crippen LogP) is 1.29. The highest BCUT2D eigenvalue weighted by Crippen LogP contribution is 2.29. The van der Waals surface area contributed by atoms with E-state index in [0.717, 1.165) is 0 Å². The number of amides is 2. The molecule has 7 heteroatoms. The van der Waals surface area contributed by atoms with E-state index in [1.807, 2.05) is 0 Å². The van der Waals surface area contributed by atoms with Crippen molar-refractivity contribution in [2.45, 2.75) is 45.2 Å². The summed E-state index contributed by atoms with van der Waals surface area (Å²) in [5.41, 5.74) is 0. The Balaban J connectivity index is 1.73. The highest BCUT2D eigenvalue weighted by molar-refractivity contribution is 5.88. The fourth-order valence-electron chi connectivity index (χ4n) is 2.74. The monoisotopic (exact) mass is 322 g/mol. The number of rotatable bonds is 6. The Labute approximate surface area is 134 Å². The molecule has 0 aliphatic heterocycles. The van der Waals surface area contributed by atoms with E-state index in [2.05, 4.69) is 10.6 Å². The summed E-state index contributed by atoms with van der Waals surface area (Å²) in [6, 6.07) is 2.85. The van der Waals surface area contributed by atoms with Gasteiger partial charge in [-0.05, 0) is 44.7 Å². The molecule has 1 aliphatic carbocycles. The molecule has 1 aromatic heterocycles. The van der Waals surface area contributed by atoms with Gasteiger partial charge in [-0.15, -0.1) is 0 Å². The summed E-state index contributed by atoms with van der Waals surface area (Å²) in [7, 11) is 0. The second-order valence-corrected chi connectivity index (χ2v) is 5.91. The van der Waals surface area contributed by atoms with E-state index in [9.17, 15) is 14.4 Å². The molecular weight excluding hydrogens is 300 g/mol. The van der Waals surface area contributed by atoms with E-state index in [0.29, 0.717) is 31.4 Å². The van der Waals surface area contributed by atoms with E-state index < -0.39 is 12.0 Å². The summed E-state index contributed by atoms with van der Waals surface area (Å²) in [6.07, 6.45) is 3.63. The third kappa shape index (κ3) is 4.84. The second kappa shape index (κ2) is 7.80. The van der Waals surface area contributed by atoms with Gasteiger partial charge < -0.3 is 20.2 Å². The van der Waals surface area contributed by atoms with Crippen molar-refractivity contribution in [1.29, 1.82) is 0 Å². The maximum absolute atomic E-state index is 12.2. The van der Waals surface area contributed by atoms with Crippen molar-refractivity contribution in [3.05, 3.63) is 24.2 Å². The molecule has 1 unspecified atom stereocenters. The molecule has 23 heavy (non-hydrogen) atoms. The van der Waals surface area contributed by atoms with Gasteiger partial charge >= 0.3 is 5.97 Å². The van der Waals surface area contributed by atoms with Crippen LogP contribution in [0, 0.1) is 11.8 Å². The van der Waals surface area contributed by atoms with Crippen LogP contribution < -0.4 is 10.6 Å². The van der Waals surface area contributed by atoms with Crippen molar-refractivity contribution in [1.82, 2.24) is 10.6 Å². The third-order valence-corrected chi connectivity index (χ3v) is 4.22. The van der Waals surface area contributed by atoms with E-state index in [1.165, 1.54) is 6.26 Å². The summed E-state index contributed by atoms with van der Waals surface area (Å²) >= 11 is 0. The van der Waals surface area contributed by atoms with Gasteiger partial charge in [0.25, 0.3) is 0 Å².